The summed E-state index contributed by atoms with van der Waals surface area (Å²) in [5.74, 6) is 1.08. The third-order valence-electron chi connectivity index (χ3n) is 2.04. The minimum atomic E-state index is 0.941. The van der Waals surface area contributed by atoms with Gasteiger partial charge in [0.2, 0.25) is 0 Å². The average Bonchev–Trinajstić information content (AvgIpc) is 2.09. The van der Waals surface area contributed by atoms with Gasteiger partial charge in [-0.2, -0.15) is 0 Å². The van der Waals surface area contributed by atoms with Gasteiger partial charge in [-0.25, -0.2) is 0 Å². The van der Waals surface area contributed by atoms with Crippen molar-refractivity contribution in [3.8, 4) is 0 Å². The Hall–Kier alpha value is -0.980. The summed E-state index contributed by atoms with van der Waals surface area (Å²) in [5.41, 5.74) is 3.90. The fourth-order valence-corrected chi connectivity index (χ4v) is 1.53. The normalized spacial score (nSPS) is 18.3. The highest BCUT2D eigenvalue weighted by atomic mass is 16.5. The van der Waals surface area contributed by atoms with Crippen LogP contribution in [0.2, 0.25) is 0 Å². The molecule has 0 aliphatic heterocycles. The molecule has 1 nitrogen and oxygen atoms in total. The molecule has 0 N–H and O–H groups in total. The summed E-state index contributed by atoms with van der Waals surface area (Å²) in [6.07, 6.45) is 5.31. The summed E-state index contributed by atoms with van der Waals surface area (Å²) in [6.45, 7) is 6.34. The van der Waals surface area contributed by atoms with E-state index in [1.165, 1.54) is 16.7 Å². The first kappa shape index (κ1) is 9.11. The van der Waals surface area contributed by atoms with Crippen LogP contribution in [-0.2, 0) is 4.74 Å². The zero-order valence-electron chi connectivity index (χ0n) is 8.27. The van der Waals surface area contributed by atoms with Gasteiger partial charge in [0.15, 0.2) is 0 Å². The predicted octanol–water partition coefficient (Wildman–Crippen LogP) is 3.20. The average molecular weight is 164 g/mol. The van der Waals surface area contributed by atoms with Crippen LogP contribution in [-0.4, -0.2) is 7.11 Å². The summed E-state index contributed by atoms with van der Waals surface area (Å²) in [7, 11) is 1.74. The van der Waals surface area contributed by atoms with Crippen molar-refractivity contribution in [1.29, 1.82) is 0 Å². The second kappa shape index (κ2) is 3.61. The molecule has 1 heteroatoms. The standard InChI is InChI=1S/C11H16O/c1-8-5-9(2)7-11(12-4)10(3)6-8/h5-6H,7H2,1-4H3. The van der Waals surface area contributed by atoms with Gasteiger partial charge in [0.05, 0.1) is 7.11 Å². The first-order valence-corrected chi connectivity index (χ1v) is 4.22. The van der Waals surface area contributed by atoms with Crippen LogP contribution in [0.3, 0.4) is 0 Å². The Morgan fingerprint density at radius 3 is 2.42 bits per heavy atom. The lowest BCUT2D eigenvalue weighted by Gasteiger charge is -2.06. The van der Waals surface area contributed by atoms with Crippen LogP contribution in [0.15, 0.2) is 34.6 Å². The molecule has 0 saturated heterocycles. The molecule has 12 heavy (non-hydrogen) atoms. The molecular weight excluding hydrogens is 148 g/mol. The quantitative estimate of drug-likeness (QED) is 0.578. The van der Waals surface area contributed by atoms with Gasteiger partial charge in [-0.05, 0) is 26.3 Å². The second-order valence-electron chi connectivity index (χ2n) is 3.37. The van der Waals surface area contributed by atoms with E-state index in [4.69, 9.17) is 4.74 Å². The van der Waals surface area contributed by atoms with Crippen molar-refractivity contribution in [2.24, 2.45) is 0 Å². The highest BCUT2D eigenvalue weighted by Gasteiger charge is 2.05. The molecule has 66 valence electrons. The molecule has 0 fully saturated rings. The summed E-state index contributed by atoms with van der Waals surface area (Å²) >= 11 is 0. The highest BCUT2D eigenvalue weighted by molar-refractivity contribution is 5.36. The van der Waals surface area contributed by atoms with Gasteiger partial charge in [-0.15, -0.1) is 0 Å². The fraction of sp³-hybridized carbons (Fsp3) is 0.455. The summed E-state index contributed by atoms with van der Waals surface area (Å²) in [5, 5.41) is 0. The number of ether oxygens (including phenoxy) is 1. The minimum Gasteiger partial charge on any atom is -0.500 e. The largest absolute Gasteiger partial charge is 0.500 e. The van der Waals surface area contributed by atoms with E-state index >= 15 is 0 Å². The van der Waals surface area contributed by atoms with E-state index in [0.29, 0.717) is 0 Å². The van der Waals surface area contributed by atoms with Gasteiger partial charge in [0, 0.05) is 6.42 Å². The molecule has 1 rings (SSSR count). The van der Waals surface area contributed by atoms with Gasteiger partial charge < -0.3 is 4.74 Å². The Labute approximate surface area is 74.4 Å². The van der Waals surface area contributed by atoms with Crippen molar-refractivity contribution >= 4 is 0 Å². The van der Waals surface area contributed by atoms with Crippen LogP contribution < -0.4 is 0 Å². The van der Waals surface area contributed by atoms with Crippen LogP contribution in [0, 0.1) is 0 Å². The Balaban J connectivity index is 3.02. The Kier molecular flexibility index (Phi) is 2.74. The maximum atomic E-state index is 5.30. The Bertz CT molecular complexity index is 267. The number of hydrogen-bond acceptors (Lipinski definition) is 1. The van der Waals surface area contributed by atoms with Crippen LogP contribution >= 0.6 is 0 Å². The number of methoxy groups -OCH3 is 1. The summed E-state index contributed by atoms with van der Waals surface area (Å²) in [4.78, 5) is 0. The molecule has 0 heterocycles. The molecule has 0 unspecified atom stereocenters. The van der Waals surface area contributed by atoms with Crippen LogP contribution in [0.5, 0.6) is 0 Å². The monoisotopic (exact) mass is 164 g/mol. The van der Waals surface area contributed by atoms with Gasteiger partial charge in [-0.3, -0.25) is 0 Å². The molecule has 0 aromatic rings. The number of allylic oxidation sites excluding steroid dienone is 5. The Morgan fingerprint density at radius 1 is 1.17 bits per heavy atom. The van der Waals surface area contributed by atoms with Crippen molar-refractivity contribution in [3.63, 3.8) is 0 Å². The van der Waals surface area contributed by atoms with Gasteiger partial charge in [0.25, 0.3) is 0 Å². The maximum absolute atomic E-state index is 5.30. The zero-order valence-corrected chi connectivity index (χ0v) is 8.27. The maximum Gasteiger partial charge on any atom is 0.102 e. The van der Waals surface area contributed by atoms with Gasteiger partial charge >= 0.3 is 0 Å². The number of rotatable bonds is 1. The molecule has 1 aliphatic rings. The van der Waals surface area contributed by atoms with Gasteiger partial charge in [-0.1, -0.05) is 23.3 Å². The minimum absolute atomic E-state index is 0.941. The lowest BCUT2D eigenvalue weighted by molar-refractivity contribution is 0.280. The van der Waals surface area contributed by atoms with Crippen molar-refractivity contribution in [1.82, 2.24) is 0 Å². The van der Waals surface area contributed by atoms with Crippen molar-refractivity contribution in [2.75, 3.05) is 7.11 Å². The van der Waals surface area contributed by atoms with Crippen molar-refractivity contribution in [3.05, 3.63) is 34.6 Å². The number of hydrogen-bond donors (Lipinski definition) is 0. The second-order valence-corrected chi connectivity index (χ2v) is 3.37. The SMILES string of the molecule is COC1=C(C)C=C(C)C=C(C)C1. The molecule has 0 aromatic carbocycles. The first-order chi connectivity index (χ1) is 5.63. The lowest BCUT2D eigenvalue weighted by atomic mass is 10.1. The molecule has 0 amide bonds. The molecule has 0 atom stereocenters. The van der Waals surface area contributed by atoms with Crippen molar-refractivity contribution in [2.45, 2.75) is 27.2 Å². The van der Waals surface area contributed by atoms with E-state index in [1.54, 1.807) is 7.11 Å². The predicted molar refractivity (Wildman–Crippen MR) is 51.8 cm³/mol. The first-order valence-electron chi connectivity index (χ1n) is 4.22. The molecule has 0 radical (unpaired) electrons. The van der Waals surface area contributed by atoms with E-state index < -0.39 is 0 Å². The Morgan fingerprint density at radius 2 is 1.83 bits per heavy atom. The topological polar surface area (TPSA) is 9.23 Å². The van der Waals surface area contributed by atoms with Crippen molar-refractivity contribution < 1.29 is 4.74 Å². The van der Waals surface area contributed by atoms with Crippen LogP contribution in [0.4, 0.5) is 0 Å². The third kappa shape index (κ3) is 2.00. The van der Waals surface area contributed by atoms with E-state index in [1.807, 2.05) is 0 Å². The zero-order chi connectivity index (χ0) is 9.14. The smallest absolute Gasteiger partial charge is 0.102 e. The van der Waals surface area contributed by atoms with E-state index in [2.05, 4.69) is 32.9 Å². The molecular formula is C11H16O. The van der Waals surface area contributed by atoms with Crippen LogP contribution in [0.1, 0.15) is 27.2 Å². The van der Waals surface area contributed by atoms with Crippen LogP contribution in [0.25, 0.3) is 0 Å². The highest BCUT2D eigenvalue weighted by Crippen LogP contribution is 2.22. The van der Waals surface area contributed by atoms with Gasteiger partial charge in [0.1, 0.15) is 5.76 Å². The fourth-order valence-electron chi connectivity index (χ4n) is 1.53. The summed E-state index contributed by atoms with van der Waals surface area (Å²) < 4.78 is 5.30. The molecule has 0 spiro atoms. The summed E-state index contributed by atoms with van der Waals surface area (Å²) in [6, 6.07) is 0. The molecule has 1 aliphatic carbocycles. The van der Waals surface area contributed by atoms with E-state index in [0.717, 1.165) is 12.2 Å². The molecule has 0 saturated carbocycles. The molecule has 0 bridgehead atoms. The van der Waals surface area contributed by atoms with E-state index in [-0.39, 0.29) is 0 Å². The third-order valence-corrected chi connectivity index (χ3v) is 2.04. The molecule has 0 aromatic heterocycles. The lowest BCUT2D eigenvalue weighted by Crippen LogP contribution is -1.90. The van der Waals surface area contributed by atoms with E-state index in [9.17, 15) is 0 Å².